The third kappa shape index (κ3) is 3.49. The van der Waals surface area contributed by atoms with Crippen LogP contribution in [0.4, 0.5) is 4.79 Å². The summed E-state index contributed by atoms with van der Waals surface area (Å²) in [4.78, 5) is 14.5. The molecule has 1 aliphatic heterocycles. The van der Waals surface area contributed by atoms with Crippen molar-refractivity contribution in [2.75, 3.05) is 6.54 Å². The molecule has 6 heteroatoms. The Morgan fingerprint density at radius 2 is 2.08 bits per heavy atom. The van der Waals surface area contributed by atoms with Gasteiger partial charge in [-0.2, -0.15) is 0 Å². The Kier molecular flexibility index (Phi) is 4.85. The van der Waals surface area contributed by atoms with Crippen LogP contribution in [0.5, 0.6) is 0 Å². The minimum Gasteiger partial charge on any atom is -0.444 e. The normalized spacial score (nSPS) is 20.2. The molecule has 0 saturated carbocycles. The van der Waals surface area contributed by atoms with E-state index in [4.69, 9.17) is 9.15 Å². The van der Waals surface area contributed by atoms with Gasteiger partial charge in [-0.25, -0.2) is 4.79 Å². The minimum absolute atomic E-state index is 0.365. The van der Waals surface area contributed by atoms with Crippen molar-refractivity contribution in [1.82, 2.24) is 15.1 Å². The third-order valence-corrected chi connectivity index (χ3v) is 4.43. The van der Waals surface area contributed by atoms with Gasteiger partial charge < -0.3 is 9.15 Å². The maximum Gasteiger partial charge on any atom is 0.411 e. The van der Waals surface area contributed by atoms with Crippen molar-refractivity contribution in [3.63, 3.8) is 0 Å². The van der Waals surface area contributed by atoms with Crippen molar-refractivity contribution in [3.05, 3.63) is 48.9 Å². The second kappa shape index (κ2) is 6.94. The van der Waals surface area contributed by atoms with Crippen LogP contribution < -0.4 is 0 Å². The minimum atomic E-state index is -0.704. The number of ether oxygens (including phenoxy) is 1. The number of nitrogens with zero attached hydrogens (tertiary/aromatic N) is 3. The molecule has 2 aromatic rings. The largest absolute Gasteiger partial charge is 0.444 e. The van der Waals surface area contributed by atoms with Crippen LogP contribution >= 0.6 is 0 Å². The first kappa shape index (κ1) is 18.2. The molecule has 1 aromatic heterocycles. The summed E-state index contributed by atoms with van der Waals surface area (Å²) in [5, 5.41) is 8.48. The summed E-state index contributed by atoms with van der Waals surface area (Å²) in [5.74, 6) is 0.875. The number of carbonyl (C=O) groups excluding carboxylic acids is 1. The molecule has 0 spiro atoms. The highest BCUT2D eigenvalue weighted by atomic mass is 16.6. The van der Waals surface area contributed by atoms with Crippen LogP contribution in [0.25, 0.3) is 11.5 Å². The summed E-state index contributed by atoms with van der Waals surface area (Å²) < 4.78 is 11.6. The molecule has 3 rings (SSSR count). The van der Waals surface area contributed by atoms with Gasteiger partial charge in [-0.05, 0) is 52.2 Å². The molecule has 2 heterocycles. The quantitative estimate of drug-likeness (QED) is 0.753. The zero-order valence-corrected chi connectivity index (χ0v) is 15.6. The predicted octanol–water partition coefficient (Wildman–Crippen LogP) is 4.54. The van der Waals surface area contributed by atoms with Crippen LogP contribution in [0.15, 0.2) is 47.4 Å². The summed E-state index contributed by atoms with van der Waals surface area (Å²) in [5.41, 5.74) is -0.421. The first-order valence-electron chi connectivity index (χ1n) is 8.87. The summed E-state index contributed by atoms with van der Waals surface area (Å²) in [6.07, 6.45) is 3.53. The fourth-order valence-corrected chi connectivity index (χ4v) is 3.33. The molecule has 1 saturated heterocycles. The molecule has 1 aromatic carbocycles. The number of rotatable bonds is 4. The van der Waals surface area contributed by atoms with Gasteiger partial charge >= 0.3 is 6.09 Å². The molecule has 1 amide bonds. The first-order valence-corrected chi connectivity index (χ1v) is 8.87. The van der Waals surface area contributed by atoms with Crippen LogP contribution in [0.3, 0.4) is 0 Å². The fraction of sp³-hybridized carbons (Fsp3) is 0.450. The summed E-state index contributed by atoms with van der Waals surface area (Å²) in [6.45, 7) is 10.0. The molecule has 6 nitrogen and oxygen atoms in total. The van der Waals surface area contributed by atoms with Gasteiger partial charge in [-0.1, -0.05) is 24.3 Å². The van der Waals surface area contributed by atoms with Crippen molar-refractivity contribution < 1.29 is 13.9 Å². The van der Waals surface area contributed by atoms with E-state index in [0.29, 0.717) is 24.7 Å². The van der Waals surface area contributed by atoms with E-state index < -0.39 is 11.1 Å². The van der Waals surface area contributed by atoms with Crippen LogP contribution in [0.2, 0.25) is 0 Å². The van der Waals surface area contributed by atoms with E-state index in [1.165, 1.54) is 0 Å². The molecule has 0 radical (unpaired) electrons. The molecule has 1 aliphatic rings. The number of benzene rings is 1. The summed E-state index contributed by atoms with van der Waals surface area (Å²) in [6, 6.07) is 9.60. The summed E-state index contributed by atoms with van der Waals surface area (Å²) >= 11 is 0. The van der Waals surface area contributed by atoms with Crippen molar-refractivity contribution in [2.45, 2.75) is 51.2 Å². The summed E-state index contributed by atoms with van der Waals surface area (Å²) in [7, 11) is 0. The second-order valence-electron chi connectivity index (χ2n) is 7.54. The number of amides is 1. The third-order valence-electron chi connectivity index (χ3n) is 4.43. The Hall–Kier alpha value is -2.63. The van der Waals surface area contributed by atoms with Crippen molar-refractivity contribution in [3.8, 4) is 11.5 Å². The smallest absolute Gasteiger partial charge is 0.411 e. The highest BCUT2D eigenvalue weighted by Gasteiger charge is 2.49. The lowest BCUT2D eigenvalue weighted by Crippen LogP contribution is -2.47. The van der Waals surface area contributed by atoms with E-state index >= 15 is 0 Å². The highest BCUT2D eigenvalue weighted by Crippen LogP contribution is 2.43. The van der Waals surface area contributed by atoms with Gasteiger partial charge in [-0.3, -0.25) is 4.90 Å². The predicted molar refractivity (Wildman–Crippen MR) is 98.4 cm³/mol. The Bertz CT molecular complexity index is 779. The van der Waals surface area contributed by atoms with Gasteiger partial charge in [0.25, 0.3) is 0 Å². The van der Waals surface area contributed by atoms with Gasteiger partial charge in [0.1, 0.15) is 11.1 Å². The van der Waals surface area contributed by atoms with Gasteiger partial charge in [0.15, 0.2) is 0 Å². The molecular weight excluding hydrogens is 330 g/mol. The SMILES string of the molecule is C=CCC1(c2nnc(-c3ccccc3)o2)CCCN1C(=O)OC(C)(C)C. The number of hydrogen-bond donors (Lipinski definition) is 0. The maximum absolute atomic E-state index is 12.8. The van der Waals surface area contributed by atoms with E-state index in [1.54, 1.807) is 11.0 Å². The Morgan fingerprint density at radius 3 is 2.73 bits per heavy atom. The van der Waals surface area contributed by atoms with Crippen LogP contribution in [0, 0.1) is 0 Å². The molecule has 1 fully saturated rings. The van der Waals surface area contributed by atoms with E-state index in [0.717, 1.165) is 18.4 Å². The van der Waals surface area contributed by atoms with Crippen molar-refractivity contribution in [2.24, 2.45) is 0 Å². The lowest BCUT2D eigenvalue weighted by Gasteiger charge is -2.35. The van der Waals surface area contributed by atoms with Gasteiger partial charge in [-0.15, -0.1) is 16.8 Å². The molecular formula is C20H25N3O3. The molecule has 1 unspecified atom stereocenters. The maximum atomic E-state index is 12.8. The standard InChI is InChI=1S/C20H25N3O3/c1-5-12-20(13-9-14-23(20)18(24)26-19(2,3)4)17-22-21-16(25-17)15-10-7-6-8-11-15/h5-8,10-11H,1,9,12-14H2,2-4H3. The lowest BCUT2D eigenvalue weighted by molar-refractivity contribution is 0.00220. The van der Waals surface area contributed by atoms with Crippen LogP contribution in [-0.4, -0.2) is 33.3 Å². The zero-order chi connectivity index (χ0) is 18.8. The Morgan fingerprint density at radius 1 is 1.35 bits per heavy atom. The Labute approximate surface area is 153 Å². The lowest BCUT2D eigenvalue weighted by atomic mass is 9.92. The topological polar surface area (TPSA) is 68.5 Å². The molecule has 1 atom stereocenters. The number of carbonyl (C=O) groups is 1. The highest BCUT2D eigenvalue weighted by molar-refractivity contribution is 5.70. The van der Waals surface area contributed by atoms with Gasteiger partial charge in [0, 0.05) is 12.1 Å². The second-order valence-corrected chi connectivity index (χ2v) is 7.54. The van der Waals surface area contributed by atoms with Crippen LogP contribution in [0.1, 0.15) is 45.9 Å². The average Bonchev–Trinajstić information content (AvgIpc) is 3.22. The Balaban J connectivity index is 1.96. The first-order chi connectivity index (χ1) is 12.4. The molecule has 0 N–H and O–H groups in total. The number of aromatic nitrogens is 2. The zero-order valence-electron chi connectivity index (χ0n) is 15.6. The van der Waals surface area contributed by atoms with Gasteiger partial charge in [0.2, 0.25) is 11.8 Å². The van der Waals surface area contributed by atoms with Crippen molar-refractivity contribution in [1.29, 1.82) is 0 Å². The van der Waals surface area contributed by atoms with Gasteiger partial charge in [0.05, 0.1) is 0 Å². The average molecular weight is 355 g/mol. The van der Waals surface area contributed by atoms with E-state index in [-0.39, 0.29) is 6.09 Å². The molecule has 0 aliphatic carbocycles. The van der Waals surface area contributed by atoms with E-state index in [2.05, 4.69) is 16.8 Å². The van der Waals surface area contributed by atoms with E-state index in [9.17, 15) is 4.79 Å². The number of likely N-dealkylation sites (tertiary alicyclic amines) is 1. The van der Waals surface area contributed by atoms with E-state index in [1.807, 2.05) is 51.1 Å². The monoisotopic (exact) mass is 355 g/mol. The number of hydrogen-bond acceptors (Lipinski definition) is 5. The fourth-order valence-electron chi connectivity index (χ4n) is 3.33. The molecule has 26 heavy (non-hydrogen) atoms. The van der Waals surface area contributed by atoms with Crippen molar-refractivity contribution >= 4 is 6.09 Å². The van der Waals surface area contributed by atoms with Crippen LogP contribution in [-0.2, 0) is 10.3 Å². The molecule has 138 valence electrons. The molecule has 0 bridgehead atoms.